The van der Waals surface area contributed by atoms with Crippen LogP contribution in [0.1, 0.15) is 165 Å². The van der Waals surface area contributed by atoms with E-state index in [1.54, 1.807) is 89.8 Å². The van der Waals surface area contributed by atoms with Crippen molar-refractivity contribution in [3.05, 3.63) is 277 Å². The van der Waals surface area contributed by atoms with Crippen molar-refractivity contribution in [2.45, 2.75) is 176 Å². The highest BCUT2D eigenvalue weighted by Gasteiger charge is 2.33. The molecule has 0 atom stereocenters. The van der Waals surface area contributed by atoms with E-state index in [0.717, 1.165) is 93.0 Å². The topological polar surface area (TPSA) is 288 Å². The summed E-state index contributed by atoms with van der Waals surface area (Å²) in [6.07, 6.45) is 16.8. The van der Waals surface area contributed by atoms with Gasteiger partial charge in [0.05, 0.1) is 68.8 Å². The largest absolute Gasteiger partial charge is 0.504 e. The monoisotopic (exact) mass is 2100 g/mol. The summed E-state index contributed by atoms with van der Waals surface area (Å²) in [4.78, 5) is 77.9. The molecule has 3 heterocycles. The van der Waals surface area contributed by atoms with Crippen LogP contribution in [0.2, 0.25) is 0 Å². The van der Waals surface area contributed by atoms with E-state index in [1.165, 1.54) is 80.5 Å². The fraction of sp³-hybridized carbons (Fsp3) is 0.337. The van der Waals surface area contributed by atoms with Gasteiger partial charge in [0.1, 0.15) is 17.6 Å². The molecule has 5 N–H and O–H groups in total. The van der Waals surface area contributed by atoms with Crippen LogP contribution in [0.15, 0.2) is 170 Å². The van der Waals surface area contributed by atoms with E-state index in [2.05, 4.69) is 267 Å². The number of phenols is 2. The van der Waals surface area contributed by atoms with E-state index in [0.29, 0.717) is 34.0 Å². The lowest BCUT2D eigenvalue weighted by molar-refractivity contribution is -0.193. The van der Waals surface area contributed by atoms with Crippen LogP contribution < -0.4 is 24.7 Å². The Kier molecular flexibility index (Phi) is 56.1. The molecule has 0 amide bonds. The second-order valence-electron chi connectivity index (χ2n) is 30.0. The number of aromatic hydroxyl groups is 2. The number of nitrogens with zero attached hydrogens (tertiary/aromatic N) is 3. The molecule has 0 saturated heterocycles. The van der Waals surface area contributed by atoms with Gasteiger partial charge in [-0.3, -0.25) is 14.7 Å². The average molecular weight is 2110 g/mol. The molecule has 0 bridgehead atoms. The number of carbonyl (C=O) groups excluding carboxylic acids is 7. The van der Waals surface area contributed by atoms with Crippen LogP contribution in [0.25, 0.3) is 0 Å². The van der Waals surface area contributed by atoms with Crippen molar-refractivity contribution in [2.75, 3.05) is 48.7 Å². The van der Waals surface area contributed by atoms with Gasteiger partial charge >= 0.3 is 30.4 Å². The molecule has 0 unspecified atom stereocenters. The summed E-state index contributed by atoms with van der Waals surface area (Å²) in [5, 5.41) is 28.2. The van der Waals surface area contributed by atoms with Crippen LogP contribution in [-0.2, 0) is 88.2 Å². The smallest absolute Gasteiger partial charge is 0.373 e. The quantitative estimate of drug-likeness (QED) is 0.0382. The second-order valence-corrected chi connectivity index (χ2v) is 33.8. The van der Waals surface area contributed by atoms with Gasteiger partial charge < -0.3 is 49.5 Å². The number of aromatic carboxylic acids is 1. The van der Waals surface area contributed by atoms with Crippen molar-refractivity contribution in [3.63, 3.8) is 0 Å². The summed E-state index contributed by atoms with van der Waals surface area (Å²) in [5.41, 5.74) is 25.5. The first kappa shape index (κ1) is 117. The number of terminal acetylenes is 3. The minimum atomic E-state index is -0.855. The lowest BCUT2D eigenvalue weighted by Crippen LogP contribution is -2.38. The molecule has 678 valence electrons. The number of carboxylic acids is 1. The molecule has 12 rings (SSSR count). The standard InChI is InChI=1S/C22H25NO.2C14H17N.C10H10Br2O2.C9H10O2.C8H9IO.C7H7IO2.C7H8O2.C5H9N.C2H5ClO.3CO2/c1-16-7-6-8-19-14-23(15-20(16)19)22(3,4)12-11-18-10-9-17(2)21(13-18)24-5;2*1-5-14(3,4)15-9-12-8-6-7-11(2)13(12)10-15;1-14-10(13)8-4-2-3-7(5-11)9(8)6-12;1-6-4-3-5-8(7(6)2)9(10)11;1-6-3-4-7(9)5-8(6)10-2;1-10-7-4-5(8)2-3-6(7)9;1-9-7-5-3-2-4-6(7)8;1-4-5(2,3)6;1-4-2-3;3*2-1-3/h6-10,13H,14-15H2,1-5H3;2*1,6-8H,9-10H2,2-4H3;2-4H,5-6H2,1H3;3-5H,1-2H3,(H,10,11);3-5H,1-2H3;2-4,9H,1H3;2-5,8H,1H3;1H,6H2,2-3H3;2H2,1H3;;;. The Morgan fingerprint density at radius 1 is 0.457 bits per heavy atom. The minimum Gasteiger partial charge on any atom is -0.504 e. The zero-order valence-electron chi connectivity index (χ0n) is 76.1. The molecule has 0 aromatic heterocycles. The summed E-state index contributed by atoms with van der Waals surface area (Å²) in [5.74, 6) is 17.0. The molecule has 26 heteroatoms. The highest BCUT2D eigenvalue weighted by atomic mass is 127. The van der Waals surface area contributed by atoms with Gasteiger partial charge in [-0.2, -0.15) is 28.8 Å². The van der Waals surface area contributed by atoms with E-state index < -0.39 is 11.5 Å². The molecule has 3 aliphatic rings. The second kappa shape index (κ2) is 61.1. The molecular weight excluding hydrogens is 1990 g/mol. The van der Waals surface area contributed by atoms with E-state index in [-0.39, 0.29) is 52.5 Å². The Morgan fingerprint density at radius 2 is 0.819 bits per heavy atom. The Balaban J connectivity index is 0.00000141. The number of carbonyl (C=O) groups is 2. The first-order chi connectivity index (χ1) is 59.9. The van der Waals surface area contributed by atoms with Crippen LogP contribution in [0.4, 0.5) is 0 Å². The van der Waals surface area contributed by atoms with Gasteiger partial charge in [0.2, 0.25) is 0 Å². The van der Waals surface area contributed by atoms with Crippen molar-refractivity contribution in [2.24, 2.45) is 5.73 Å². The number of para-hydroxylation sites is 2. The van der Waals surface area contributed by atoms with Crippen molar-refractivity contribution < 1.29 is 82.1 Å². The molecule has 0 aliphatic carbocycles. The Morgan fingerprint density at radius 3 is 1.16 bits per heavy atom. The number of carboxylic acid groups (broad SMARTS) is 1. The number of benzene rings is 9. The number of hydrogen-bond acceptors (Lipinski definition) is 20. The summed E-state index contributed by atoms with van der Waals surface area (Å²) in [7, 11) is 9.39. The summed E-state index contributed by atoms with van der Waals surface area (Å²) in [6, 6.07) is 55.1. The fourth-order valence-electron chi connectivity index (χ4n) is 11.6. The van der Waals surface area contributed by atoms with Crippen molar-refractivity contribution in [3.8, 4) is 83.4 Å². The van der Waals surface area contributed by atoms with Crippen LogP contribution in [0.3, 0.4) is 0 Å². The normalized spacial score (nSPS) is 11.4. The predicted molar refractivity (Wildman–Crippen MR) is 524 cm³/mol. The molecule has 0 fully saturated rings. The molecule has 127 heavy (non-hydrogen) atoms. The predicted octanol–water partition coefficient (Wildman–Crippen LogP) is 20.6. The number of aryl methyl sites for hydroxylation is 6. The van der Waals surface area contributed by atoms with Crippen molar-refractivity contribution in [1.29, 1.82) is 0 Å². The first-order valence-electron chi connectivity index (χ1n) is 39.1. The number of methoxy groups -OCH3 is 6. The van der Waals surface area contributed by atoms with E-state index >= 15 is 0 Å². The van der Waals surface area contributed by atoms with Gasteiger partial charge in [-0.15, -0.1) is 19.3 Å². The van der Waals surface area contributed by atoms with Gasteiger partial charge in [-0.05, 0) is 299 Å². The third kappa shape index (κ3) is 41.5. The molecule has 0 radical (unpaired) electrons. The number of ether oxygens (including phenoxy) is 6. The maximum absolute atomic E-state index is 11.4. The molecule has 3 aliphatic heterocycles. The maximum atomic E-state index is 11.4. The van der Waals surface area contributed by atoms with Crippen LogP contribution in [0, 0.1) is 104 Å². The van der Waals surface area contributed by atoms with Crippen molar-refractivity contribution >= 4 is 119 Å². The molecule has 9 aromatic carbocycles. The van der Waals surface area contributed by atoms with Crippen LogP contribution in [-0.4, -0.2) is 131 Å². The van der Waals surface area contributed by atoms with Gasteiger partial charge in [0.15, 0.2) is 23.0 Å². The molecule has 9 aromatic rings. The number of alkyl halides is 3. The number of halogens is 5. The fourth-order valence-corrected chi connectivity index (χ4v) is 13.7. The third-order valence-electron chi connectivity index (χ3n) is 19.5. The summed E-state index contributed by atoms with van der Waals surface area (Å²) >= 11 is 16.1. The SMILES string of the molecule is C#CC(C)(C)N.C#CC(C)(C)N1Cc2cccc(C)c2C1.C#CC(C)(C)N1Cc2cccc(C)c2C1.COC(=O)c1cccc(CBr)c1CBr.COCCl.COc1cc(C#CC(C)(C)N2Cc3cccc(C)c3C2)ccc1C.COc1cc(I)ccc1C.COc1cc(I)ccc1O.COc1ccccc1O.Cc1cccc(C(=O)O)c1C.O=C=O.O=C=O.O=C=O. The lowest BCUT2D eigenvalue weighted by atomic mass is 10.0. The van der Waals surface area contributed by atoms with Gasteiger partial charge in [0, 0.05) is 69.7 Å². The van der Waals surface area contributed by atoms with Crippen molar-refractivity contribution in [1.82, 2.24) is 14.7 Å². The molecule has 0 spiro atoms. The molecular formula is C101H117Br2ClI2N4O17. The van der Waals surface area contributed by atoms with Crippen LogP contribution >= 0.6 is 88.6 Å². The van der Waals surface area contributed by atoms with Crippen LogP contribution in [0.5, 0.6) is 34.5 Å². The van der Waals surface area contributed by atoms with Gasteiger partial charge in [-0.25, -0.2) is 9.59 Å². The van der Waals surface area contributed by atoms with E-state index in [9.17, 15) is 9.59 Å². The van der Waals surface area contributed by atoms with E-state index in [4.69, 9.17) is 104 Å². The average Bonchev–Trinajstić information content (AvgIpc) is 1.31. The zero-order chi connectivity index (χ0) is 97.0. The molecule has 0 saturated carbocycles. The third-order valence-corrected chi connectivity index (χ3v) is 22.2. The Hall–Kier alpha value is -10.4. The minimum absolute atomic E-state index is 0.147. The number of fused-ring (bicyclic) bond motifs is 3. The lowest BCUT2D eigenvalue weighted by Gasteiger charge is -2.30. The zero-order valence-corrected chi connectivity index (χ0v) is 84.4. The Bertz CT molecular complexity index is 5130. The van der Waals surface area contributed by atoms with E-state index in [1.807, 2.05) is 64.1 Å². The summed E-state index contributed by atoms with van der Waals surface area (Å²) < 4.78 is 31.4. The number of rotatable bonds is 12. The van der Waals surface area contributed by atoms with Gasteiger partial charge in [0.25, 0.3) is 0 Å². The number of hydrogen-bond donors (Lipinski definition) is 4. The number of phenolic OH excluding ortho intramolecular Hbond substituents is 2. The highest BCUT2D eigenvalue weighted by molar-refractivity contribution is 14.1. The maximum Gasteiger partial charge on any atom is 0.373 e. The first-order valence-corrected chi connectivity index (χ1v) is 44.0. The number of esters is 1. The summed E-state index contributed by atoms with van der Waals surface area (Å²) in [6.45, 7) is 36.6. The van der Waals surface area contributed by atoms with Gasteiger partial charge in [-0.1, -0.05) is 176 Å². The number of nitrogens with two attached hydrogens (primary N) is 1. The molecule has 21 nitrogen and oxygen atoms in total. The Labute approximate surface area is 800 Å². The highest BCUT2D eigenvalue weighted by Crippen LogP contribution is 2.35.